The van der Waals surface area contributed by atoms with E-state index in [2.05, 4.69) is 5.32 Å². The van der Waals surface area contributed by atoms with E-state index in [1.807, 2.05) is 6.92 Å². The highest BCUT2D eigenvalue weighted by Gasteiger charge is 2.61. The number of rotatable bonds is 4. The lowest BCUT2D eigenvalue weighted by Gasteiger charge is -2.46. The summed E-state index contributed by atoms with van der Waals surface area (Å²) in [6.07, 6.45) is 0.650. The summed E-state index contributed by atoms with van der Waals surface area (Å²) >= 11 is 0. The molecule has 0 heterocycles. The molecule has 5 N–H and O–H groups in total. The third-order valence-electron chi connectivity index (χ3n) is 7.04. The first kappa shape index (κ1) is 22.9. The second-order valence-corrected chi connectivity index (χ2v) is 8.96. The third-order valence-corrected chi connectivity index (χ3v) is 7.04. The number of hydrogen-bond acceptors (Lipinski definition) is 8. The maximum absolute atomic E-state index is 13.8. The van der Waals surface area contributed by atoms with Gasteiger partial charge in [-0.2, -0.15) is 0 Å². The highest BCUT2D eigenvalue weighted by Crippen LogP contribution is 2.50. The average Bonchev–Trinajstić information content (AvgIpc) is 2.75. The predicted octanol–water partition coefficient (Wildman–Crippen LogP) is 2.31. The molecule has 2 aromatic carbocycles. The Bertz CT molecular complexity index is 1280. The molecule has 2 aliphatic carbocycles. The van der Waals surface area contributed by atoms with Gasteiger partial charge in [0.05, 0.1) is 17.0 Å². The summed E-state index contributed by atoms with van der Waals surface area (Å²) < 4.78 is 0. The number of Topliss-reactive ketones (excluding diaryl/α,β-unsaturated/α-hetero) is 3. The van der Waals surface area contributed by atoms with Gasteiger partial charge in [-0.3, -0.25) is 14.4 Å². The molecule has 33 heavy (non-hydrogen) atoms. The van der Waals surface area contributed by atoms with Crippen LogP contribution < -0.4 is 5.32 Å². The van der Waals surface area contributed by atoms with Crippen LogP contribution in [0.1, 0.15) is 47.3 Å². The lowest BCUT2D eigenvalue weighted by Crippen LogP contribution is -2.64. The van der Waals surface area contributed by atoms with Crippen LogP contribution in [0.3, 0.4) is 0 Å². The second-order valence-electron chi connectivity index (χ2n) is 8.96. The molecule has 0 saturated carbocycles. The number of phenolic OH excluding ortho intramolecular Hbond substituents is 2. The minimum absolute atomic E-state index is 0.0100. The van der Waals surface area contributed by atoms with Crippen molar-refractivity contribution < 1.29 is 34.8 Å². The van der Waals surface area contributed by atoms with E-state index in [4.69, 9.17) is 0 Å². The Morgan fingerprint density at radius 3 is 2.42 bits per heavy atom. The van der Waals surface area contributed by atoms with E-state index in [0.717, 1.165) is 6.92 Å². The van der Waals surface area contributed by atoms with Crippen LogP contribution in [0.2, 0.25) is 0 Å². The van der Waals surface area contributed by atoms with Crippen molar-refractivity contribution in [2.75, 3.05) is 6.54 Å². The van der Waals surface area contributed by atoms with Gasteiger partial charge in [0, 0.05) is 5.92 Å². The van der Waals surface area contributed by atoms with Crippen molar-refractivity contribution >= 4 is 28.1 Å². The minimum atomic E-state index is -2.58. The first-order chi connectivity index (χ1) is 15.5. The van der Waals surface area contributed by atoms with Crippen LogP contribution in [-0.4, -0.2) is 56.0 Å². The first-order valence-electron chi connectivity index (χ1n) is 10.9. The van der Waals surface area contributed by atoms with Crippen molar-refractivity contribution in [3.05, 3.63) is 45.7 Å². The molecule has 8 heteroatoms. The van der Waals surface area contributed by atoms with Crippen LogP contribution in [0, 0.1) is 19.8 Å². The van der Waals surface area contributed by atoms with Crippen molar-refractivity contribution in [1.82, 2.24) is 5.32 Å². The Morgan fingerprint density at radius 1 is 1.15 bits per heavy atom. The number of hydrogen-bond donors (Lipinski definition) is 5. The van der Waals surface area contributed by atoms with Gasteiger partial charge in [-0.05, 0) is 62.2 Å². The Kier molecular flexibility index (Phi) is 5.34. The predicted molar refractivity (Wildman–Crippen MR) is 121 cm³/mol. The third kappa shape index (κ3) is 2.94. The van der Waals surface area contributed by atoms with Gasteiger partial charge < -0.3 is 25.7 Å². The first-order valence-corrected chi connectivity index (χ1v) is 10.9. The Morgan fingerprint density at radius 2 is 1.82 bits per heavy atom. The van der Waals surface area contributed by atoms with Crippen molar-refractivity contribution in [2.24, 2.45) is 5.92 Å². The summed E-state index contributed by atoms with van der Waals surface area (Å²) in [5, 5.41) is 47.8. The van der Waals surface area contributed by atoms with Crippen LogP contribution >= 0.6 is 0 Å². The molecule has 8 nitrogen and oxygen atoms in total. The summed E-state index contributed by atoms with van der Waals surface area (Å²) in [4.78, 5) is 39.1. The number of nitrogens with one attached hydrogen (secondary N) is 1. The van der Waals surface area contributed by atoms with Crippen LogP contribution in [0.4, 0.5) is 0 Å². The monoisotopic (exact) mass is 453 g/mol. The molecule has 0 aliphatic heterocycles. The number of ketones is 3. The lowest BCUT2D eigenvalue weighted by molar-refractivity contribution is -0.128. The quantitative estimate of drug-likeness (QED) is 0.444. The van der Waals surface area contributed by atoms with Gasteiger partial charge in [0.2, 0.25) is 5.78 Å². The zero-order chi connectivity index (χ0) is 24.4. The minimum Gasteiger partial charge on any atom is -0.508 e. The molecular formula is C25H27NO7. The van der Waals surface area contributed by atoms with E-state index < -0.39 is 52.0 Å². The number of phenols is 2. The summed E-state index contributed by atoms with van der Waals surface area (Å²) in [6.45, 7) is 6.75. The molecule has 4 rings (SSSR count). The van der Waals surface area contributed by atoms with Crippen molar-refractivity contribution in [3.8, 4) is 11.5 Å². The maximum Gasteiger partial charge on any atom is 0.206 e. The molecule has 2 aromatic rings. The summed E-state index contributed by atoms with van der Waals surface area (Å²) in [5.41, 5.74) is -1.88. The normalized spacial score (nSPS) is 24.8. The van der Waals surface area contributed by atoms with E-state index >= 15 is 0 Å². The van der Waals surface area contributed by atoms with Gasteiger partial charge in [0.1, 0.15) is 22.8 Å². The van der Waals surface area contributed by atoms with Gasteiger partial charge in [-0.25, -0.2) is 0 Å². The van der Waals surface area contributed by atoms with Crippen molar-refractivity contribution in [3.63, 3.8) is 0 Å². The van der Waals surface area contributed by atoms with Gasteiger partial charge in [0.15, 0.2) is 17.2 Å². The SMILES string of the molecule is CCCNC1C(=O)C(C(C)=O)=C(O)C2(O)C(=O)c3c(c(C)c4ccc(C)c(O)c4c3O)CC12. The number of fused-ring (bicyclic) bond motifs is 3. The number of carbonyl (C=O) groups is 3. The standard InChI is InChI=1S/C25H27NO7/c1-5-8-26-19-15-9-14-11(3)13-7-6-10(2)20(28)17(13)21(29)18(14)24(32)25(15,33)23(31)16(12(4)27)22(19)30/h6-7,15,19,26,28-29,31,33H,5,8-9H2,1-4H3. The number of aliphatic hydroxyl groups excluding tert-OH is 1. The molecule has 0 fully saturated rings. The molecule has 174 valence electrons. The molecular weight excluding hydrogens is 426 g/mol. The molecule has 0 bridgehead atoms. The second kappa shape index (κ2) is 7.67. The summed E-state index contributed by atoms with van der Waals surface area (Å²) in [6, 6.07) is 2.35. The Balaban J connectivity index is 2.06. The van der Waals surface area contributed by atoms with Gasteiger partial charge in [-0.1, -0.05) is 19.1 Å². The molecule has 3 atom stereocenters. The highest BCUT2D eigenvalue weighted by atomic mass is 16.3. The van der Waals surface area contributed by atoms with E-state index in [1.165, 1.54) is 0 Å². The topological polar surface area (TPSA) is 144 Å². The molecule has 2 aliphatic rings. The summed E-state index contributed by atoms with van der Waals surface area (Å²) in [7, 11) is 0. The summed E-state index contributed by atoms with van der Waals surface area (Å²) in [5.74, 6) is -5.22. The van der Waals surface area contributed by atoms with Crippen LogP contribution in [0.25, 0.3) is 10.8 Å². The maximum atomic E-state index is 13.8. The van der Waals surface area contributed by atoms with Crippen LogP contribution in [0.5, 0.6) is 11.5 Å². The van der Waals surface area contributed by atoms with E-state index in [9.17, 15) is 34.8 Å². The lowest BCUT2D eigenvalue weighted by atomic mass is 9.61. The zero-order valence-electron chi connectivity index (χ0n) is 18.9. The smallest absolute Gasteiger partial charge is 0.206 e. The fraction of sp³-hybridized carbons (Fsp3) is 0.400. The van der Waals surface area contributed by atoms with Gasteiger partial charge in [0.25, 0.3) is 0 Å². The zero-order valence-corrected chi connectivity index (χ0v) is 18.9. The molecule has 0 radical (unpaired) electrons. The van der Waals surface area contributed by atoms with Crippen molar-refractivity contribution in [2.45, 2.75) is 52.2 Å². The fourth-order valence-corrected chi connectivity index (χ4v) is 5.25. The average molecular weight is 453 g/mol. The molecule has 0 amide bonds. The molecule has 0 aromatic heterocycles. The van der Waals surface area contributed by atoms with Gasteiger partial charge in [-0.15, -0.1) is 0 Å². The fourth-order valence-electron chi connectivity index (χ4n) is 5.25. The number of carbonyl (C=O) groups excluding carboxylic acids is 3. The van der Waals surface area contributed by atoms with Crippen molar-refractivity contribution in [1.29, 1.82) is 0 Å². The number of benzene rings is 2. The van der Waals surface area contributed by atoms with Crippen LogP contribution in [0.15, 0.2) is 23.5 Å². The molecule has 0 saturated heterocycles. The number of aliphatic hydroxyl groups is 2. The van der Waals surface area contributed by atoms with E-state index in [-0.39, 0.29) is 23.1 Å². The highest BCUT2D eigenvalue weighted by molar-refractivity contribution is 6.25. The number of aromatic hydroxyl groups is 2. The Labute approximate surface area is 190 Å². The largest absolute Gasteiger partial charge is 0.508 e. The molecule has 0 spiro atoms. The number of aryl methyl sites for hydroxylation is 2. The van der Waals surface area contributed by atoms with E-state index in [1.54, 1.807) is 26.0 Å². The Hall–Kier alpha value is -3.23. The van der Waals surface area contributed by atoms with Crippen LogP contribution in [-0.2, 0) is 16.0 Å². The molecule has 3 unspecified atom stereocenters. The van der Waals surface area contributed by atoms with E-state index in [0.29, 0.717) is 35.0 Å². The van der Waals surface area contributed by atoms with Gasteiger partial charge >= 0.3 is 0 Å².